The zero-order valence-electron chi connectivity index (χ0n) is 31.2. The molecule has 0 radical (unpaired) electrons. The molecule has 7 aromatic rings. The van der Waals surface area contributed by atoms with E-state index in [2.05, 4.69) is 137 Å². The van der Waals surface area contributed by atoms with Gasteiger partial charge in [0.2, 0.25) is 0 Å². The highest BCUT2D eigenvalue weighted by atomic mass is 35.5. The summed E-state index contributed by atoms with van der Waals surface area (Å²) in [6.07, 6.45) is 4.48. The molecular formula is C45H45ClN6O2. The van der Waals surface area contributed by atoms with Gasteiger partial charge in [0.15, 0.2) is 11.5 Å². The molecule has 1 N–H and O–H groups in total. The van der Waals surface area contributed by atoms with Crippen molar-refractivity contribution in [3.8, 4) is 11.5 Å². The molecule has 1 aliphatic rings. The molecule has 8 rings (SSSR count). The van der Waals surface area contributed by atoms with Crippen LogP contribution in [0.15, 0.2) is 128 Å². The fourth-order valence-corrected chi connectivity index (χ4v) is 8.61. The number of nitrogens with zero attached hydrogens (tertiary/aromatic N) is 5. The van der Waals surface area contributed by atoms with Gasteiger partial charge in [-0.15, -0.1) is 0 Å². The number of benzene rings is 5. The van der Waals surface area contributed by atoms with Crippen molar-refractivity contribution >= 4 is 28.2 Å². The molecule has 0 spiro atoms. The number of ether oxygens (including phenoxy) is 2. The van der Waals surface area contributed by atoms with E-state index in [1.165, 1.54) is 5.69 Å². The van der Waals surface area contributed by atoms with E-state index >= 15 is 0 Å². The molecule has 0 saturated carbocycles. The topological polar surface area (TPSA) is 71.4 Å². The van der Waals surface area contributed by atoms with Crippen molar-refractivity contribution in [3.63, 3.8) is 0 Å². The predicted octanol–water partition coefficient (Wildman–Crippen LogP) is 9.05. The lowest BCUT2D eigenvalue weighted by Crippen LogP contribution is -2.47. The number of H-pyrrole nitrogens is 1. The summed E-state index contributed by atoms with van der Waals surface area (Å²) in [5.74, 6) is 2.21. The largest absolute Gasteiger partial charge is 0.493 e. The van der Waals surface area contributed by atoms with Crippen LogP contribution in [0.5, 0.6) is 11.5 Å². The van der Waals surface area contributed by atoms with E-state index in [0.717, 1.165) is 81.4 Å². The van der Waals surface area contributed by atoms with Crippen LogP contribution in [0, 0.1) is 6.92 Å². The van der Waals surface area contributed by atoms with Gasteiger partial charge in [-0.1, -0.05) is 109 Å². The van der Waals surface area contributed by atoms with E-state index in [1.54, 1.807) is 14.2 Å². The second-order valence-corrected chi connectivity index (χ2v) is 14.3. The van der Waals surface area contributed by atoms with Crippen molar-refractivity contribution in [2.75, 3.05) is 45.3 Å². The van der Waals surface area contributed by atoms with Crippen molar-refractivity contribution < 1.29 is 9.47 Å². The molecule has 54 heavy (non-hydrogen) atoms. The number of piperazine rings is 1. The van der Waals surface area contributed by atoms with Crippen LogP contribution < -0.4 is 14.4 Å². The lowest BCUT2D eigenvalue weighted by atomic mass is 9.76. The Labute approximate surface area is 321 Å². The molecule has 3 heterocycles. The molecule has 1 unspecified atom stereocenters. The number of aromatic amines is 1. The van der Waals surface area contributed by atoms with Gasteiger partial charge in [0.25, 0.3) is 0 Å². The number of nitrogens with one attached hydrogen (secondary N) is 1. The summed E-state index contributed by atoms with van der Waals surface area (Å²) >= 11 is 6.50. The van der Waals surface area contributed by atoms with Gasteiger partial charge in [-0.25, -0.2) is 4.98 Å². The van der Waals surface area contributed by atoms with Gasteiger partial charge >= 0.3 is 0 Å². The van der Waals surface area contributed by atoms with Gasteiger partial charge in [-0.2, -0.15) is 5.10 Å². The lowest BCUT2D eigenvalue weighted by molar-refractivity contribution is 0.196. The Morgan fingerprint density at radius 2 is 1.41 bits per heavy atom. The third-order valence-electron chi connectivity index (χ3n) is 11.1. The van der Waals surface area contributed by atoms with Gasteiger partial charge in [0, 0.05) is 72.7 Å². The Hall–Kier alpha value is -5.57. The Kier molecular flexibility index (Phi) is 9.88. The number of fused-ring (bicyclic) bond motifs is 1. The second kappa shape index (κ2) is 15.0. The van der Waals surface area contributed by atoms with E-state index in [0.29, 0.717) is 17.9 Å². The minimum atomic E-state index is -0.714. The average Bonchev–Trinajstić information content (AvgIpc) is 3.88. The summed E-state index contributed by atoms with van der Waals surface area (Å²) in [6, 6.07) is 40.3. The maximum absolute atomic E-state index is 6.50. The highest BCUT2D eigenvalue weighted by molar-refractivity contribution is 6.31. The van der Waals surface area contributed by atoms with Gasteiger partial charge in [0.05, 0.1) is 31.5 Å². The number of rotatable bonds is 11. The van der Waals surface area contributed by atoms with Crippen molar-refractivity contribution in [1.29, 1.82) is 0 Å². The fourth-order valence-electron chi connectivity index (χ4n) is 8.44. The highest BCUT2D eigenvalue weighted by Crippen LogP contribution is 2.45. The molecule has 1 aliphatic heterocycles. The number of hydrogen-bond acceptors (Lipinski definition) is 6. The fraction of sp³-hybridized carbons (Fsp3) is 0.244. The molecule has 5 aromatic carbocycles. The van der Waals surface area contributed by atoms with Crippen LogP contribution in [0.2, 0.25) is 5.02 Å². The summed E-state index contributed by atoms with van der Waals surface area (Å²) in [6.45, 7) is 7.93. The monoisotopic (exact) mass is 736 g/mol. The lowest BCUT2D eigenvalue weighted by Gasteiger charge is -2.39. The zero-order chi connectivity index (χ0) is 37.2. The second-order valence-electron chi connectivity index (χ2n) is 13.9. The van der Waals surface area contributed by atoms with Crippen molar-refractivity contribution in [2.45, 2.75) is 31.8 Å². The van der Waals surface area contributed by atoms with Crippen LogP contribution in [0.1, 0.15) is 52.3 Å². The Morgan fingerprint density at radius 3 is 1.98 bits per heavy atom. The first-order valence-corrected chi connectivity index (χ1v) is 18.9. The summed E-state index contributed by atoms with van der Waals surface area (Å²) in [5.41, 5.74) is 7.87. The number of anilines is 1. The van der Waals surface area contributed by atoms with Crippen molar-refractivity contribution in [1.82, 2.24) is 24.6 Å². The molecule has 0 amide bonds. The average molecular weight is 737 g/mol. The first-order valence-electron chi connectivity index (χ1n) is 18.5. The van der Waals surface area contributed by atoms with Gasteiger partial charge in [-0.05, 0) is 48.2 Å². The normalized spacial score (nSPS) is 14.4. The van der Waals surface area contributed by atoms with Gasteiger partial charge in [-0.3, -0.25) is 10.00 Å². The maximum Gasteiger partial charge on any atom is 0.165 e. The van der Waals surface area contributed by atoms with Crippen LogP contribution in [0.3, 0.4) is 0 Å². The smallest absolute Gasteiger partial charge is 0.165 e. The first-order chi connectivity index (χ1) is 26.4. The minimum absolute atomic E-state index is 0.0370. The van der Waals surface area contributed by atoms with Crippen LogP contribution in [0.25, 0.3) is 10.9 Å². The molecule has 1 atom stereocenters. The van der Waals surface area contributed by atoms with E-state index < -0.39 is 5.54 Å². The molecule has 274 valence electrons. The summed E-state index contributed by atoms with van der Waals surface area (Å²) in [4.78, 5) is 10.0. The Morgan fingerprint density at radius 1 is 0.796 bits per heavy atom. The van der Waals surface area contributed by atoms with Crippen LogP contribution in [-0.4, -0.2) is 65.0 Å². The molecule has 0 bridgehead atoms. The summed E-state index contributed by atoms with van der Waals surface area (Å²) in [5, 5.41) is 10.2. The maximum atomic E-state index is 6.50. The predicted molar refractivity (Wildman–Crippen MR) is 217 cm³/mol. The highest BCUT2D eigenvalue weighted by Gasteiger charge is 2.40. The quantitative estimate of drug-likeness (QED) is 0.134. The Bertz CT molecular complexity index is 2250. The molecule has 1 fully saturated rings. The zero-order valence-corrected chi connectivity index (χ0v) is 31.9. The number of halogens is 1. The summed E-state index contributed by atoms with van der Waals surface area (Å²) in [7, 11) is 3.39. The molecule has 8 nitrogen and oxygen atoms in total. The van der Waals surface area contributed by atoms with Crippen molar-refractivity contribution in [2.24, 2.45) is 0 Å². The third kappa shape index (κ3) is 6.09. The van der Waals surface area contributed by atoms with Crippen LogP contribution >= 0.6 is 11.6 Å². The van der Waals surface area contributed by atoms with Gasteiger partial charge in [0.1, 0.15) is 11.4 Å². The third-order valence-corrected chi connectivity index (χ3v) is 11.6. The minimum Gasteiger partial charge on any atom is -0.493 e. The van der Waals surface area contributed by atoms with Gasteiger partial charge < -0.3 is 18.9 Å². The number of methoxy groups -OCH3 is 2. The molecule has 1 saturated heterocycles. The first kappa shape index (κ1) is 35.5. The SMILES string of the molecule is COc1cc2[nH]nc(C(C)N3CCN(c4cccc(Cl)c4C)CC3)c2c(Cc2nccn2C(c2ccccc2)(c2ccccc2)c2ccccc2)c1OC. The number of aromatic nitrogens is 4. The Balaban J connectivity index is 1.24. The van der Waals surface area contributed by atoms with Crippen LogP contribution in [-0.2, 0) is 12.0 Å². The molecular weight excluding hydrogens is 692 g/mol. The molecule has 2 aromatic heterocycles. The van der Waals surface area contributed by atoms with E-state index in [1.807, 2.05) is 24.4 Å². The number of imidazole rings is 1. The molecule has 9 heteroatoms. The van der Waals surface area contributed by atoms with Crippen LogP contribution in [0.4, 0.5) is 5.69 Å². The van der Waals surface area contributed by atoms with E-state index in [4.69, 9.17) is 31.2 Å². The van der Waals surface area contributed by atoms with E-state index in [9.17, 15) is 0 Å². The number of hydrogen-bond donors (Lipinski definition) is 1. The standard InChI is InChI=1S/C45H45ClN6O2/c1-31-37(46)21-14-22-39(31)51-27-25-50(26-28-51)32(2)43-42-36(44(54-4)40(53-3)30-38(42)48-49-43)29-41-47-23-24-52(41)45(33-15-8-5-9-16-33,34-17-10-6-11-18-34)35-19-12-7-13-20-35/h5-24,30,32H,25-29H2,1-4H3,(H,48,49). The molecule has 0 aliphatic carbocycles. The summed E-state index contributed by atoms with van der Waals surface area (Å²) < 4.78 is 14.5. The van der Waals surface area contributed by atoms with E-state index in [-0.39, 0.29) is 6.04 Å². The van der Waals surface area contributed by atoms with Crippen molar-refractivity contribution in [3.05, 3.63) is 172 Å².